The van der Waals surface area contributed by atoms with Crippen LogP contribution in [-0.4, -0.2) is 50.9 Å². The topological polar surface area (TPSA) is 70.4 Å². The Morgan fingerprint density at radius 1 is 1.55 bits per heavy atom. The van der Waals surface area contributed by atoms with Crippen LogP contribution in [0.15, 0.2) is 12.3 Å². The van der Waals surface area contributed by atoms with Crippen molar-refractivity contribution in [2.75, 3.05) is 25.0 Å². The smallest absolute Gasteiger partial charge is 0.239 e. The molecule has 6 heteroatoms. The van der Waals surface area contributed by atoms with E-state index in [2.05, 4.69) is 22.2 Å². The fourth-order valence-electron chi connectivity index (χ4n) is 4.15. The number of aryl methyl sites for hydroxylation is 1. The molecule has 1 aliphatic carbocycles. The van der Waals surface area contributed by atoms with E-state index in [1.165, 1.54) is 6.42 Å². The number of hydrogen-bond donors (Lipinski definition) is 2. The monoisotopic (exact) mass is 306 g/mol. The summed E-state index contributed by atoms with van der Waals surface area (Å²) in [6, 6.07) is 1.79. The van der Waals surface area contributed by atoms with Crippen LogP contribution in [0.4, 0.5) is 5.82 Å². The number of carbonyl (C=O) groups excluding carboxylic acids is 1. The molecule has 1 aromatic heterocycles. The van der Waals surface area contributed by atoms with Crippen LogP contribution in [0, 0.1) is 11.8 Å². The van der Waals surface area contributed by atoms with Crippen molar-refractivity contribution in [2.45, 2.75) is 38.2 Å². The van der Waals surface area contributed by atoms with Crippen molar-refractivity contribution < 1.29 is 9.90 Å². The van der Waals surface area contributed by atoms with Crippen LogP contribution >= 0.6 is 0 Å². The molecule has 1 aromatic rings. The van der Waals surface area contributed by atoms with Crippen LogP contribution in [-0.2, 0) is 11.8 Å². The van der Waals surface area contributed by atoms with Gasteiger partial charge in [-0.1, -0.05) is 13.3 Å². The largest absolute Gasteiger partial charge is 0.390 e. The Balaban J connectivity index is 1.57. The molecule has 2 heterocycles. The summed E-state index contributed by atoms with van der Waals surface area (Å²) in [5.74, 6) is 1.40. The zero-order valence-corrected chi connectivity index (χ0v) is 13.5. The highest BCUT2D eigenvalue weighted by Gasteiger charge is 2.47. The Bertz CT molecular complexity index is 544. The average Bonchev–Trinajstić information content (AvgIpc) is 3.06. The Kier molecular flexibility index (Phi) is 4.23. The summed E-state index contributed by atoms with van der Waals surface area (Å²) in [5, 5.41) is 17.8. The second-order valence-electron chi connectivity index (χ2n) is 6.83. The number of rotatable bonds is 4. The number of carbonyl (C=O) groups is 1. The molecule has 2 fully saturated rings. The maximum atomic E-state index is 12.1. The lowest BCUT2D eigenvalue weighted by Gasteiger charge is -2.40. The molecular weight excluding hydrogens is 280 g/mol. The van der Waals surface area contributed by atoms with Gasteiger partial charge in [0.05, 0.1) is 12.1 Å². The van der Waals surface area contributed by atoms with E-state index in [0.717, 1.165) is 32.4 Å². The number of anilines is 1. The van der Waals surface area contributed by atoms with E-state index in [0.29, 0.717) is 24.2 Å². The maximum absolute atomic E-state index is 12.1. The zero-order chi connectivity index (χ0) is 15.7. The fourth-order valence-corrected chi connectivity index (χ4v) is 4.15. The molecule has 122 valence electrons. The van der Waals surface area contributed by atoms with Crippen molar-refractivity contribution in [2.24, 2.45) is 18.9 Å². The number of aromatic nitrogens is 2. The van der Waals surface area contributed by atoms with Crippen molar-refractivity contribution in [3.05, 3.63) is 12.3 Å². The predicted octanol–water partition coefficient (Wildman–Crippen LogP) is 1.23. The zero-order valence-electron chi connectivity index (χ0n) is 13.5. The Hall–Kier alpha value is -1.40. The minimum absolute atomic E-state index is 0.0302. The van der Waals surface area contributed by atoms with Crippen LogP contribution in [0.3, 0.4) is 0 Å². The van der Waals surface area contributed by atoms with Gasteiger partial charge in [-0.15, -0.1) is 0 Å². The molecule has 0 spiro atoms. The Labute approximate surface area is 131 Å². The lowest BCUT2D eigenvalue weighted by atomic mass is 9.69. The highest BCUT2D eigenvalue weighted by molar-refractivity contribution is 5.91. The van der Waals surface area contributed by atoms with E-state index in [1.807, 2.05) is 7.05 Å². The normalized spacial score (nSPS) is 32.0. The molecule has 6 nitrogen and oxygen atoms in total. The van der Waals surface area contributed by atoms with Crippen molar-refractivity contribution >= 4 is 11.7 Å². The van der Waals surface area contributed by atoms with Gasteiger partial charge in [0.2, 0.25) is 5.91 Å². The number of fused-ring (bicyclic) bond motifs is 1. The van der Waals surface area contributed by atoms with Gasteiger partial charge in [-0.3, -0.25) is 14.4 Å². The van der Waals surface area contributed by atoms with Crippen molar-refractivity contribution in [1.82, 2.24) is 14.7 Å². The third-order valence-corrected chi connectivity index (χ3v) is 5.35. The first-order valence-corrected chi connectivity index (χ1v) is 8.24. The van der Waals surface area contributed by atoms with Crippen molar-refractivity contribution in [3.8, 4) is 0 Å². The second kappa shape index (κ2) is 6.01. The molecule has 3 rings (SSSR count). The lowest BCUT2D eigenvalue weighted by Crippen LogP contribution is -2.44. The number of nitrogens with one attached hydrogen (secondary N) is 1. The number of likely N-dealkylation sites (tertiary alicyclic amines) is 1. The Morgan fingerprint density at radius 2 is 2.36 bits per heavy atom. The first-order valence-electron chi connectivity index (χ1n) is 8.24. The summed E-state index contributed by atoms with van der Waals surface area (Å²) in [4.78, 5) is 14.3. The first kappa shape index (κ1) is 15.5. The quantitative estimate of drug-likeness (QED) is 0.878. The standard InChI is InChI=1S/C16H26N4O2/c1-3-16(22)7-4-5-12-9-20(10-13(12)16)11-15(21)17-14-6-8-19(2)18-14/h6,8,12-13,22H,3-5,7,9-11H2,1-2H3,(H,17,18,21)/t12-,13+,16-/m0/s1. The number of aliphatic hydroxyl groups is 1. The minimum Gasteiger partial charge on any atom is -0.390 e. The molecule has 1 saturated heterocycles. The van der Waals surface area contributed by atoms with Crippen LogP contribution < -0.4 is 5.32 Å². The van der Waals surface area contributed by atoms with Crippen LogP contribution in [0.25, 0.3) is 0 Å². The van der Waals surface area contributed by atoms with Crippen molar-refractivity contribution in [3.63, 3.8) is 0 Å². The van der Waals surface area contributed by atoms with Gasteiger partial charge < -0.3 is 10.4 Å². The molecule has 3 atom stereocenters. The predicted molar refractivity (Wildman–Crippen MR) is 84.3 cm³/mol. The molecule has 0 bridgehead atoms. The number of nitrogens with zero attached hydrogens (tertiary/aromatic N) is 3. The summed E-state index contributed by atoms with van der Waals surface area (Å²) in [7, 11) is 1.83. The highest BCUT2D eigenvalue weighted by Crippen LogP contribution is 2.44. The molecule has 1 saturated carbocycles. The molecule has 0 radical (unpaired) electrons. The third-order valence-electron chi connectivity index (χ3n) is 5.35. The molecule has 2 N–H and O–H groups in total. The molecule has 2 aliphatic rings. The highest BCUT2D eigenvalue weighted by atomic mass is 16.3. The summed E-state index contributed by atoms with van der Waals surface area (Å²) in [5.41, 5.74) is -0.533. The van der Waals surface area contributed by atoms with E-state index < -0.39 is 5.60 Å². The third kappa shape index (κ3) is 3.03. The van der Waals surface area contributed by atoms with E-state index in [4.69, 9.17) is 0 Å². The molecule has 0 aromatic carbocycles. The van der Waals surface area contributed by atoms with Crippen molar-refractivity contribution in [1.29, 1.82) is 0 Å². The Morgan fingerprint density at radius 3 is 3.05 bits per heavy atom. The van der Waals surface area contributed by atoms with E-state index in [1.54, 1.807) is 16.9 Å². The minimum atomic E-state index is -0.533. The lowest BCUT2D eigenvalue weighted by molar-refractivity contribution is -0.117. The van der Waals surface area contributed by atoms with Crippen LogP contribution in [0.2, 0.25) is 0 Å². The van der Waals surface area contributed by atoms with Crippen LogP contribution in [0.1, 0.15) is 32.6 Å². The van der Waals surface area contributed by atoms with Gasteiger partial charge in [-0.2, -0.15) is 5.10 Å². The fraction of sp³-hybridized carbons (Fsp3) is 0.750. The van der Waals surface area contributed by atoms with Gasteiger partial charge >= 0.3 is 0 Å². The SMILES string of the molecule is CC[C@]1(O)CCC[C@H]2CN(CC(=O)Nc3ccn(C)n3)C[C@H]21. The first-order chi connectivity index (χ1) is 10.5. The van der Waals surface area contributed by atoms with Gasteiger partial charge in [0.1, 0.15) is 0 Å². The molecular formula is C16H26N4O2. The summed E-state index contributed by atoms with van der Waals surface area (Å²) in [6.45, 7) is 4.19. The van der Waals surface area contributed by atoms with Gasteiger partial charge in [0, 0.05) is 38.3 Å². The number of amides is 1. The average molecular weight is 306 g/mol. The van der Waals surface area contributed by atoms with E-state index in [-0.39, 0.29) is 5.91 Å². The summed E-state index contributed by atoms with van der Waals surface area (Å²) < 4.78 is 1.67. The van der Waals surface area contributed by atoms with Crippen LogP contribution in [0.5, 0.6) is 0 Å². The maximum Gasteiger partial charge on any atom is 0.239 e. The van der Waals surface area contributed by atoms with Gasteiger partial charge in [0.25, 0.3) is 0 Å². The van der Waals surface area contributed by atoms with Gasteiger partial charge in [-0.05, 0) is 25.2 Å². The van der Waals surface area contributed by atoms with Gasteiger partial charge in [-0.25, -0.2) is 0 Å². The molecule has 22 heavy (non-hydrogen) atoms. The van der Waals surface area contributed by atoms with E-state index in [9.17, 15) is 9.90 Å². The van der Waals surface area contributed by atoms with Gasteiger partial charge in [0.15, 0.2) is 5.82 Å². The summed E-state index contributed by atoms with van der Waals surface area (Å²) in [6.07, 6.45) is 5.78. The molecule has 1 amide bonds. The van der Waals surface area contributed by atoms with E-state index >= 15 is 0 Å². The molecule has 1 aliphatic heterocycles. The summed E-state index contributed by atoms with van der Waals surface area (Å²) >= 11 is 0. The number of hydrogen-bond acceptors (Lipinski definition) is 4. The second-order valence-corrected chi connectivity index (χ2v) is 6.83. The molecule has 0 unspecified atom stereocenters.